The molecule has 0 fully saturated rings. The third kappa shape index (κ3) is 1.49. The first-order chi connectivity index (χ1) is 6.76. The molecule has 4 heteroatoms. The maximum Gasteiger partial charge on any atom is 0.132 e. The van der Waals surface area contributed by atoms with E-state index in [1.54, 1.807) is 18.4 Å². The summed E-state index contributed by atoms with van der Waals surface area (Å²) in [6.45, 7) is 0.0783. The summed E-state index contributed by atoms with van der Waals surface area (Å²) in [5.41, 5.74) is 0. The van der Waals surface area contributed by atoms with Gasteiger partial charge in [0.25, 0.3) is 0 Å². The van der Waals surface area contributed by atoms with E-state index in [4.69, 9.17) is 9.84 Å². The summed E-state index contributed by atoms with van der Waals surface area (Å²) < 4.78 is 6.29. The number of benzene rings is 1. The molecule has 0 spiro atoms. The molecule has 74 valence electrons. The number of hydrogen-bond acceptors (Lipinski definition) is 4. The molecule has 0 amide bonds. The van der Waals surface area contributed by atoms with Crippen molar-refractivity contribution in [2.24, 2.45) is 0 Å². The molecular formula is C10H10O2S2. The van der Waals surface area contributed by atoms with Gasteiger partial charge in [-0.25, -0.2) is 0 Å². The van der Waals surface area contributed by atoms with Crippen LogP contribution in [0.1, 0.15) is 4.88 Å². The molecule has 0 saturated heterocycles. The average molecular weight is 226 g/mol. The van der Waals surface area contributed by atoms with Gasteiger partial charge in [0.15, 0.2) is 0 Å². The highest BCUT2D eigenvalue weighted by Gasteiger charge is 2.07. The van der Waals surface area contributed by atoms with Crippen LogP contribution in [0.4, 0.5) is 0 Å². The van der Waals surface area contributed by atoms with Crippen molar-refractivity contribution >= 4 is 34.1 Å². The van der Waals surface area contributed by atoms with E-state index in [9.17, 15) is 0 Å². The van der Waals surface area contributed by atoms with Crippen LogP contribution < -0.4 is 4.74 Å². The second-order valence-electron chi connectivity index (χ2n) is 2.90. The maximum atomic E-state index is 9.01. The first kappa shape index (κ1) is 9.83. The lowest BCUT2D eigenvalue weighted by Crippen LogP contribution is -1.83. The highest BCUT2D eigenvalue weighted by Crippen LogP contribution is 2.35. The summed E-state index contributed by atoms with van der Waals surface area (Å²) in [5, 5.41) is 10.1. The molecule has 0 bridgehead atoms. The molecule has 1 aromatic carbocycles. The van der Waals surface area contributed by atoms with E-state index in [0.29, 0.717) is 0 Å². The van der Waals surface area contributed by atoms with E-state index in [-0.39, 0.29) is 6.61 Å². The van der Waals surface area contributed by atoms with Crippen LogP contribution >= 0.6 is 24.0 Å². The zero-order chi connectivity index (χ0) is 10.1. The van der Waals surface area contributed by atoms with Gasteiger partial charge in [-0.3, -0.25) is 0 Å². The van der Waals surface area contributed by atoms with Crippen LogP contribution in [0.15, 0.2) is 23.1 Å². The quantitative estimate of drug-likeness (QED) is 0.771. The molecule has 0 radical (unpaired) electrons. The monoisotopic (exact) mass is 226 g/mol. The fraction of sp³-hybridized carbons (Fsp3) is 0.200. The molecule has 0 aliphatic carbocycles. The zero-order valence-electron chi connectivity index (χ0n) is 7.65. The lowest BCUT2D eigenvalue weighted by molar-refractivity contribution is 0.285. The van der Waals surface area contributed by atoms with Crippen LogP contribution in [0.2, 0.25) is 0 Å². The summed E-state index contributed by atoms with van der Waals surface area (Å²) in [4.78, 5) is 1.78. The van der Waals surface area contributed by atoms with Crippen LogP contribution in [0.3, 0.4) is 0 Å². The smallest absolute Gasteiger partial charge is 0.132 e. The van der Waals surface area contributed by atoms with Gasteiger partial charge in [0, 0.05) is 15.0 Å². The van der Waals surface area contributed by atoms with Crippen LogP contribution in [-0.4, -0.2) is 12.2 Å². The lowest BCUT2D eigenvalue weighted by Gasteiger charge is -2.03. The van der Waals surface area contributed by atoms with Crippen LogP contribution in [-0.2, 0) is 6.61 Å². The first-order valence-corrected chi connectivity index (χ1v) is 5.42. The number of thiophene rings is 1. The maximum absolute atomic E-state index is 9.01. The molecule has 1 heterocycles. The van der Waals surface area contributed by atoms with Crippen molar-refractivity contribution < 1.29 is 9.84 Å². The second-order valence-corrected chi connectivity index (χ2v) is 4.51. The SMILES string of the molecule is COc1ccc2sc(CO)cc2c1S. The minimum Gasteiger partial charge on any atom is -0.496 e. The fourth-order valence-corrected chi connectivity index (χ4v) is 2.73. The highest BCUT2D eigenvalue weighted by atomic mass is 32.1. The third-order valence-corrected chi connectivity index (χ3v) is 3.61. The van der Waals surface area contributed by atoms with Crippen LogP contribution in [0.25, 0.3) is 10.1 Å². The highest BCUT2D eigenvalue weighted by molar-refractivity contribution is 7.80. The number of ether oxygens (including phenoxy) is 1. The van der Waals surface area contributed by atoms with Crippen molar-refractivity contribution in [1.82, 2.24) is 0 Å². The Kier molecular flexibility index (Phi) is 2.67. The minimum absolute atomic E-state index is 0.0783. The van der Waals surface area contributed by atoms with E-state index in [2.05, 4.69) is 12.6 Å². The van der Waals surface area contributed by atoms with Crippen molar-refractivity contribution in [3.8, 4) is 5.75 Å². The van der Waals surface area contributed by atoms with Gasteiger partial charge in [0.1, 0.15) is 5.75 Å². The van der Waals surface area contributed by atoms with Gasteiger partial charge < -0.3 is 9.84 Å². The van der Waals surface area contributed by atoms with Gasteiger partial charge in [0.2, 0.25) is 0 Å². The molecule has 0 saturated carbocycles. The lowest BCUT2D eigenvalue weighted by atomic mass is 10.2. The molecule has 0 unspecified atom stereocenters. The number of methoxy groups -OCH3 is 1. The standard InChI is InChI=1S/C10H10O2S2/c1-12-8-2-3-9-7(10(8)13)4-6(5-11)14-9/h2-4,11,13H,5H2,1H3. The average Bonchev–Trinajstić information content (AvgIpc) is 2.62. The normalized spacial score (nSPS) is 10.8. The van der Waals surface area contributed by atoms with E-state index < -0.39 is 0 Å². The van der Waals surface area contributed by atoms with Gasteiger partial charge in [-0.2, -0.15) is 0 Å². The Morgan fingerprint density at radius 3 is 2.93 bits per heavy atom. The van der Waals surface area contributed by atoms with Gasteiger partial charge in [-0.15, -0.1) is 24.0 Å². The first-order valence-electron chi connectivity index (χ1n) is 4.15. The van der Waals surface area contributed by atoms with Crippen molar-refractivity contribution in [2.45, 2.75) is 11.5 Å². The van der Waals surface area contributed by atoms with Crippen molar-refractivity contribution in [1.29, 1.82) is 0 Å². The van der Waals surface area contributed by atoms with Crippen molar-refractivity contribution in [2.75, 3.05) is 7.11 Å². The molecule has 1 N–H and O–H groups in total. The van der Waals surface area contributed by atoms with Crippen LogP contribution in [0.5, 0.6) is 5.75 Å². The number of thiol groups is 1. The number of hydrogen-bond donors (Lipinski definition) is 2. The molecule has 2 aromatic rings. The van der Waals surface area contributed by atoms with Gasteiger partial charge >= 0.3 is 0 Å². The Balaban J connectivity index is 2.68. The molecule has 0 aliphatic heterocycles. The van der Waals surface area contributed by atoms with Crippen molar-refractivity contribution in [3.63, 3.8) is 0 Å². The van der Waals surface area contributed by atoms with E-state index in [1.165, 1.54) is 0 Å². The third-order valence-electron chi connectivity index (χ3n) is 2.06. The fourth-order valence-electron chi connectivity index (χ4n) is 1.37. The number of aliphatic hydroxyl groups is 1. The predicted molar refractivity (Wildman–Crippen MR) is 61.6 cm³/mol. The summed E-state index contributed by atoms with van der Waals surface area (Å²) in [6.07, 6.45) is 0. The van der Waals surface area contributed by atoms with E-state index in [1.807, 2.05) is 18.2 Å². The number of rotatable bonds is 2. The summed E-state index contributed by atoms with van der Waals surface area (Å²) in [5.74, 6) is 0.767. The Bertz CT molecular complexity index is 462. The zero-order valence-corrected chi connectivity index (χ0v) is 9.36. The summed E-state index contributed by atoms with van der Waals surface area (Å²) in [7, 11) is 1.63. The molecule has 0 atom stereocenters. The predicted octanol–water partition coefficient (Wildman–Crippen LogP) is 2.69. The molecule has 2 nitrogen and oxygen atoms in total. The number of aliphatic hydroxyl groups excluding tert-OH is 1. The molecule has 0 aliphatic rings. The Morgan fingerprint density at radius 2 is 2.29 bits per heavy atom. The Hall–Kier alpha value is -0.710. The molecular weight excluding hydrogens is 216 g/mol. The Labute approximate surface area is 91.5 Å². The number of fused-ring (bicyclic) bond motifs is 1. The van der Waals surface area contributed by atoms with Crippen molar-refractivity contribution in [3.05, 3.63) is 23.1 Å². The minimum atomic E-state index is 0.0783. The molecule has 14 heavy (non-hydrogen) atoms. The largest absolute Gasteiger partial charge is 0.496 e. The summed E-state index contributed by atoms with van der Waals surface area (Å²) >= 11 is 5.97. The van der Waals surface area contributed by atoms with Gasteiger partial charge in [0.05, 0.1) is 18.6 Å². The topological polar surface area (TPSA) is 29.5 Å². The van der Waals surface area contributed by atoms with Gasteiger partial charge in [-0.05, 0) is 18.2 Å². The Morgan fingerprint density at radius 1 is 1.50 bits per heavy atom. The molecule has 1 aromatic heterocycles. The second kappa shape index (κ2) is 3.81. The summed E-state index contributed by atoms with van der Waals surface area (Å²) in [6, 6.07) is 5.82. The van der Waals surface area contributed by atoms with E-state index >= 15 is 0 Å². The van der Waals surface area contributed by atoms with Gasteiger partial charge in [-0.1, -0.05) is 0 Å². The molecule has 2 rings (SSSR count). The van der Waals surface area contributed by atoms with Crippen LogP contribution in [0, 0.1) is 0 Å². The van der Waals surface area contributed by atoms with E-state index in [0.717, 1.165) is 25.6 Å².